The minimum atomic E-state index is 0.389. The van der Waals surface area contributed by atoms with Crippen LogP contribution in [-0.2, 0) is 19.6 Å². The van der Waals surface area contributed by atoms with E-state index in [1.807, 2.05) is 29.1 Å². The number of hydrogen-bond donors (Lipinski definition) is 0. The van der Waals surface area contributed by atoms with E-state index in [2.05, 4.69) is 51.7 Å². The highest BCUT2D eigenvalue weighted by molar-refractivity contribution is 5.46. The largest absolute Gasteiger partial charge is 0.487 e. The molecule has 2 heterocycles. The zero-order chi connectivity index (χ0) is 20.4. The molecule has 3 aromatic rings. The first kappa shape index (κ1) is 19.9. The summed E-state index contributed by atoms with van der Waals surface area (Å²) in [5.74, 6) is 1.44. The summed E-state index contributed by atoms with van der Waals surface area (Å²) in [6.45, 7) is 1.30. The molecule has 6 heteroatoms. The summed E-state index contributed by atoms with van der Waals surface area (Å²) in [5, 5.41) is 7.80. The van der Waals surface area contributed by atoms with Gasteiger partial charge in [-0.25, -0.2) is 4.98 Å². The van der Waals surface area contributed by atoms with Crippen molar-refractivity contribution < 1.29 is 9.15 Å². The fourth-order valence-corrected chi connectivity index (χ4v) is 3.27. The van der Waals surface area contributed by atoms with E-state index in [0.717, 1.165) is 50.1 Å². The Balaban J connectivity index is 1.19. The molecule has 1 aliphatic rings. The van der Waals surface area contributed by atoms with E-state index >= 15 is 0 Å². The Morgan fingerprint density at radius 2 is 2.07 bits per heavy atom. The van der Waals surface area contributed by atoms with Crippen LogP contribution in [-0.4, -0.2) is 20.0 Å². The lowest BCUT2D eigenvalue weighted by atomic mass is 10.1. The summed E-state index contributed by atoms with van der Waals surface area (Å²) in [6, 6.07) is 8.26. The summed E-state index contributed by atoms with van der Waals surface area (Å²) in [5.41, 5.74) is 3.37. The maximum absolute atomic E-state index is 5.84. The number of ether oxygens (including phenoxy) is 1. The molecule has 0 radical (unpaired) electrons. The molecule has 0 saturated heterocycles. The van der Waals surface area contributed by atoms with Gasteiger partial charge in [0.05, 0.1) is 6.20 Å². The molecule has 0 fully saturated rings. The number of hydrogen-bond acceptors (Lipinski definition) is 5. The van der Waals surface area contributed by atoms with Crippen molar-refractivity contribution in [3.8, 4) is 5.75 Å². The van der Waals surface area contributed by atoms with Crippen molar-refractivity contribution in [2.24, 2.45) is 0 Å². The topological polar surface area (TPSA) is 66.0 Å². The van der Waals surface area contributed by atoms with Crippen LogP contribution in [0.5, 0.6) is 5.75 Å². The number of nitrogens with zero attached hydrogens (tertiary/aromatic N) is 4. The molecular weight excluding hydrogens is 376 g/mol. The first-order valence-corrected chi connectivity index (χ1v) is 10.4. The monoisotopic (exact) mass is 402 g/mol. The van der Waals surface area contributed by atoms with Crippen LogP contribution in [0.3, 0.4) is 0 Å². The molecule has 0 atom stereocenters. The van der Waals surface area contributed by atoms with Gasteiger partial charge in [0, 0.05) is 18.8 Å². The standard InChI is InChI=1S/C24H26N4O2/c1-2-6-20(7-3-1)11-14-24-26-22(19-30-24)18-29-23-12-9-21(10-13-23)8-4-5-16-28-17-15-25-27-28/h1-2,6,9-15,17,19H,3-5,7-8,16,18H2. The third kappa shape index (κ3) is 6.04. The fraction of sp³-hybridized carbons (Fsp3) is 0.292. The molecule has 1 aliphatic carbocycles. The smallest absolute Gasteiger partial charge is 0.218 e. The SMILES string of the molecule is C1=CCCC(C=Cc2nc(COc3ccc(CCCCn4ccnn4)cc3)co2)=C1. The van der Waals surface area contributed by atoms with Gasteiger partial charge >= 0.3 is 0 Å². The quantitative estimate of drug-likeness (QED) is 0.438. The summed E-state index contributed by atoms with van der Waals surface area (Å²) in [4.78, 5) is 4.46. The minimum absolute atomic E-state index is 0.389. The third-order valence-corrected chi connectivity index (χ3v) is 4.94. The molecule has 0 amide bonds. The Morgan fingerprint density at radius 3 is 2.87 bits per heavy atom. The van der Waals surface area contributed by atoms with Crippen LogP contribution >= 0.6 is 0 Å². The van der Waals surface area contributed by atoms with Crippen LogP contribution in [0, 0.1) is 0 Å². The van der Waals surface area contributed by atoms with Gasteiger partial charge in [-0.1, -0.05) is 41.7 Å². The van der Waals surface area contributed by atoms with Crippen molar-refractivity contribution in [2.45, 2.75) is 45.3 Å². The molecular formula is C24H26N4O2. The van der Waals surface area contributed by atoms with Crippen LogP contribution in [0.4, 0.5) is 0 Å². The van der Waals surface area contributed by atoms with Crippen LogP contribution in [0.1, 0.15) is 42.8 Å². The number of aromatic nitrogens is 4. The maximum Gasteiger partial charge on any atom is 0.218 e. The van der Waals surface area contributed by atoms with Gasteiger partial charge in [0.2, 0.25) is 5.89 Å². The van der Waals surface area contributed by atoms with Crippen LogP contribution in [0.15, 0.2) is 77.2 Å². The second-order valence-electron chi connectivity index (χ2n) is 7.27. The second-order valence-corrected chi connectivity index (χ2v) is 7.27. The summed E-state index contributed by atoms with van der Waals surface area (Å²) < 4.78 is 13.2. The number of rotatable bonds is 10. The number of benzene rings is 1. The van der Waals surface area contributed by atoms with E-state index in [9.17, 15) is 0 Å². The van der Waals surface area contributed by atoms with Gasteiger partial charge < -0.3 is 9.15 Å². The maximum atomic E-state index is 5.84. The van der Waals surface area contributed by atoms with Crippen molar-refractivity contribution in [3.05, 3.63) is 89.9 Å². The zero-order valence-corrected chi connectivity index (χ0v) is 17.0. The molecule has 0 spiro atoms. The summed E-state index contributed by atoms with van der Waals surface area (Å²) in [6.07, 6.45) is 21.0. The zero-order valence-electron chi connectivity index (χ0n) is 17.0. The average molecular weight is 402 g/mol. The molecule has 2 aromatic heterocycles. The highest BCUT2D eigenvalue weighted by Gasteiger charge is 2.04. The van der Waals surface area contributed by atoms with E-state index in [1.54, 1.807) is 12.5 Å². The van der Waals surface area contributed by atoms with Crippen molar-refractivity contribution in [1.29, 1.82) is 0 Å². The average Bonchev–Trinajstić information content (AvgIpc) is 3.47. The molecule has 154 valence electrons. The number of aryl methyl sites for hydroxylation is 2. The van der Waals surface area contributed by atoms with Crippen molar-refractivity contribution >= 4 is 6.08 Å². The van der Waals surface area contributed by atoms with Gasteiger partial charge in [-0.2, -0.15) is 0 Å². The first-order valence-electron chi connectivity index (χ1n) is 10.4. The predicted molar refractivity (Wildman–Crippen MR) is 116 cm³/mol. The molecule has 6 nitrogen and oxygen atoms in total. The summed E-state index contributed by atoms with van der Waals surface area (Å²) >= 11 is 0. The molecule has 0 bridgehead atoms. The molecule has 0 saturated carbocycles. The van der Waals surface area contributed by atoms with Crippen molar-refractivity contribution in [3.63, 3.8) is 0 Å². The lowest BCUT2D eigenvalue weighted by Gasteiger charge is -2.06. The van der Waals surface area contributed by atoms with E-state index < -0.39 is 0 Å². The Labute approximate surface area is 176 Å². The summed E-state index contributed by atoms with van der Waals surface area (Å²) in [7, 11) is 0. The van der Waals surface area contributed by atoms with E-state index in [4.69, 9.17) is 9.15 Å². The number of allylic oxidation sites excluding steroid dienone is 5. The van der Waals surface area contributed by atoms with Crippen molar-refractivity contribution in [1.82, 2.24) is 20.0 Å². The van der Waals surface area contributed by atoms with E-state index in [0.29, 0.717) is 12.5 Å². The molecule has 0 aliphatic heterocycles. The fourth-order valence-electron chi connectivity index (χ4n) is 3.27. The van der Waals surface area contributed by atoms with Gasteiger partial charge in [-0.15, -0.1) is 5.10 Å². The molecule has 0 unspecified atom stereocenters. The Bertz CT molecular complexity index is 998. The van der Waals surface area contributed by atoms with Crippen LogP contribution in [0.2, 0.25) is 0 Å². The van der Waals surface area contributed by atoms with Crippen LogP contribution in [0.25, 0.3) is 6.08 Å². The molecule has 0 N–H and O–H groups in total. The second kappa shape index (κ2) is 10.4. The van der Waals surface area contributed by atoms with Gasteiger partial charge in [-0.05, 0) is 55.4 Å². The van der Waals surface area contributed by atoms with Gasteiger partial charge in [0.1, 0.15) is 24.3 Å². The highest BCUT2D eigenvalue weighted by Crippen LogP contribution is 2.17. The molecule has 4 rings (SSSR count). The Hall–Kier alpha value is -3.41. The van der Waals surface area contributed by atoms with Crippen molar-refractivity contribution in [2.75, 3.05) is 0 Å². The number of unbranched alkanes of at least 4 members (excludes halogenated alkanes) is 1. The number of oxazole rings is 1. The third-order valence-electron chi connectivity index (χ3n) is 4.94. The lowest BCUT2D eigenvalue weighted by Crippen LogP contribution is -1.99. The van der Waals surface area contributed by atoms with E-state index in [-0.39, 0.29) is 0 Å². The highest BCUT2D eigenvalue weighted by atomic mass is 16.5. The minimum Gasteiger partial charge on any atom is -0.487 e. The van der Waals surface area contributed by atoms with E-state index in [1.165, 1.54) is 11.1 Å². The normalized spacial score (nSPS) is 13.7. The van der Waals surface area contributed by atoms with Gasteiger partial charge in [0.15, 0.2) is 0 Å². The predicted octanol–water partition coefficient (Wildman–Crippen LogP) is 5.16. The molecule has 30 heavy (non-hydrogen) atoms. The lowest BCUT2D eigenvalue weighted by molar-refractivity contribution is 0.301. The Morgan fingerprint density at radius 1 is 1.13 bits per heavy atom. The molecule has 1 aromatic carbocycles. The van der Waals surface area contributed by atoms with Gasteiger partial charge in [-0.3, -0.25) is 4.68 Å². The first-order chi connectivity index (χ1) is 14.8. The Kier molecular flexibility index (Phi) is 6.89. The van der Waals surface area contributed by atoms with Crippen LogP contribution < -0.4 is 4.74 Å². The van der Waals surface area contributed by atoms with Gasteiger partial charge in [0.25, 0.3) is 0 Å².